The lowest BCUT2D eigenvalue weighted by molar-refractivity contribution is 0.493. The Morgan fingerprint density at radius 2 is 1.95 bits per heavy atom. The van der Waals surface area contributed by atoms with Gasteiger partial charge in [0.2, 0.25) is 0 Å². The molecule has 0 bridgehead atoms. The van der Waals surface area contributed by atoms with Crippen LogP contribution in [-0.2, 0) is 12.8 Å². The van der Waals surface area contributed by atoms with Gasteiger partial charge in [-0.05, 0) is 57.5 Å². The van der Waals surface area contributed by atoms with Crippen molar-refractivity contribution in [3.63, 3.8) is 0 Å². The number of hydrogen-bond acceptors (Lipinski definition) is 3. The average Bonchev–Trinajstić information content (AvgIpc) is 2.93. The highest BCUT2D eigenvalue weighted by molar-refractivity contribution is 5.10. The first kappa shape index (κ1) is 14.7. The molecule has 0 fully saturated rings. The second-order valence-corrected chi connectivity index (χ2v) is 5.46. The summed E-state index contributed by atoms with van der Waals surface area (Å²) < 4.78 is 2.02. The maximum absolute atomic E-state index is 4.62. The number of rotatable bonds is 7. The largest absolute Gasteiger partial charge is 0.317 e. The van der Waals surface area contributed by atoms with Crippen molar-refractivity contribution in [1.82, 2.24) is 20.1 Å². The zero-order chi connectivity index (χ0) is 14.4. The van der Waals surface area contributed by atoms with E-state index in [9.17, 15) is 0 Å². The summed E-state index contributed by atoms with van der Waals surface area (Å²) in [6.45, 7) is 4.30. The van der Waals surface area contributed by atoms with Crippen molar-refractivity contribution in [2.45, 2.75) is 45.2 Å². The third-order valence-corrected chi connectivity index (χ3v) is 3.59. The van der Waals surface area contributed by atoms with Crippen LogP contribution >= 0.6 is 0 Å². The number of likely N-dealkylation sites (N-methyl/N-ethyl adjacent to an activating group) is 1. The van der Waals surface area contributed by atoms with Crippen LogP contribution < -0.4 is 5.32 Å². The van der Waals surface area contributed by atoms with Crippen LogP contribution in [0.2, 0.25) is 0 Å². The van der Waals surface area contributed by atoms with Crippen molar-refractivity contribution in [1.29, 1.82) is 0 Å². The zero-order valence-corrected chi connectivity index (χ0v) is 12.6. The van der Waals surface area contributed by atoms with E-state index in [-0.39, 0.29) is 0 Å². The second-order valence-electron chi connectivity index (χ2n) is 5.46. The number of pyridine rings is 1. The monoisotopic (exact) mass is 272 g/mol. The topological polar surface area (TPSA) is 42.7 Å². The van der Waals surface area contributed by atoms with E-state index in [2.05, 4.69) is 53.6 Å². The molecule has 1 atom stereocenters. The average molecular weight is 272 g/mol. The molecule has 0 aliphatic heterocycles. The van der Waals surface area contributed by atoms with Gasteiger partial charge in [-0.1, -0.05) is 0 Å². The molecule has 1 N–H and O–H groups in total. The van der Waals surface area contributed by atoms with E-state index in [1.54, 1.807) is 0 Å². The Hall–Kier alpha value is -1.68. The fourth-order valence-electron chi connectivity index (χ4n) is 2.27. The van der Waals surface area contributed by atoms with Crippen LogP contribution in [0.25, 0.3) is 0 Å². The fraction of sp³-hybridized carbons (Fsp3) is 0.500. The lowest BCUT2D eigenvalue weighted by Gasteiger charge is -2.15. The molecule has 0 aliphatic carbocycles. The predicted molar refractivity (Wildman–Crippen MR) is 81.7 cm³/mol. The van der Waals surface area contributed by atoms with Gasteiger partial charge in [-0.3, -0.25) is 9.67 Å². The molecule has 0 amide bonds. The van der Waals surface area contributed by atoms with E-state index >= 15 is 0 Å². The zero-order valence-electron chi connectivity index (χ0n) is 12.6. The van der Waals surface area contributed by atoms with E-state index < -0.39 is 0 Å². The minimum absolute atomic E-state index is 0.425. The number of hydrogen-bond donors (Lipinski definition) is 1. The summed E-state index contributed by atoms with van der Waals surface area (Å²) in [6.07, 6.45) is 8.92. The number of nitrogens with one attached hydrogen (secondary N) is 1. The highest BCUT2D eigenvalue weighted by Gasteiger charge is 2.10. The number of nitrogens with zero attached hydrogens (tertiary/aromatic N) is 3. The normalized spacial score (nSPS) is 12.8. The molecule has 0 aromatic carbocycles. The summed E-state index contributed by atoms with van der Waals surface area (Å²) in [7, 11) is 2.02. The quantitative estimate of drug-likeness (QED) is 0.842. The van der Waals surface area contributed by atoms with Crippen molar-refractivity contribution in [3.05, 3.63) is 48.0 Å². The molecular weight excluding hydrogens is 248 g/mol. The van der Waals surface area contributed by atoms with Gasteiger partial charge < -0.3 is 5.32 Å². The van der Waals surface area contributed by atoms with E-state index in [0.717, 1.165) is 25.0 Å². The molecule has 0 saturated heterocycles. The fourth-order valence-corrected chi connectivity index (χ4v) is 2.27. The molecule has 1 unspecified atom stereocenters. The van der Waals surface area contributed by atoms with E-state index in [0.29, 0.717) is 12.1 Å². The summed E-state index contributed by atoms with van der Waals surface area (Å²) in [5.74, 6) is 0. The van der Waals surface area contributed by atoms with Gasteiger partial charge in [0.05, 0.1) is 5.69 Å². The first-order chi connectivity index (χ1) is 9.69. The molecule has 108 valence electrons. The summed E-state index contributed by atoms with van der Waals surface area (Å²) >= 11 is 0. The number of aromatic nitrogens is 3. The summed E-state index contributed by atoms with van der Waals surface area (Å²) in [5, 5.41) is 8.01. The van der Waals surface area contributed by atoms with Crippen LogP contribution in [0, 0.1) is 0 Å². The van der Waals surface area contributed by atoms with Crippen molar-refractivity contribution >= 4 is 0 Å². The van der Waals surface area contributed by atoms with E-state index in [1.807, 2.05) is 24.1 Å². The van der Waals surface area contributed by atoms with Crippen molar-refractivity contribution in [2.75, 3.05) is 7.05 Å². The summed E-state index contributed by atoms with van der Waals surface area (Å²) in [4.78, 5) is 4.05. The molecule has 2 aromatic heterocycles. The van der Waals surface area contributed by atoms with Crippen LogP contribution in [0.4, 0.5) is 0 Å². The molecule has 2 aromatic rings. The standard InChI is InChI=1S/C16H24N4/c1-13(2)20-11-8-16(19-20)12-15(17-3)5-4-14-6-9-18-10-7-14/h6-11,13,15,17H,4-5,12H2,1-3H3. The van der Waals surface area contributed by atoms with Crippen molar-refractivity contribution < 1.29 is 0 Å². The molecule has 4 heteroatoms. The van der Waals surface area contributed by atoms with Crippen LogP contribution in [0.15, 0.2) is 36.8 Å². The molecule has 4 nitrogen and oxygen atoms in total. The Kier molecular flexibility index (Phi) is 5.30. The van der Waals surface area contributed by atoms with Crippen molar-refractivity contribution in [2.24, 2.45) is 0 Å². The predicted octanol–water partition coefficient (Wildman–Crippen LogP) is 2.62. The second kappa shape index (κ2) is 7.20. The van der Waals surface area contributed by atoms with Crippen LogP contribution in [0.5, 0.6) is 0 Å². The third kappa shape index (κ3) is 4.17. The lowest BCUT2D eigenvalue weighted by Crippen LogP contribution is -2.28. The van der Waals surface area contributed by atoms with E-state index in [4.69, 9.17) is 0 Å². The van der Waals surface area contributed by atoms with Crippen molar-refractivity contribution in [3.8, 4) is 0 Å². The Bertz CT molecular complexity index is 504. The van der Waals surface area contributed by atoms with Gasteiger partial charge in [0, 0.05) is 37.1 Å². The van der Waals surface area contributed by atoms with Gasteiger partial charge in [-0.25, -0.2) is 0 Å². The molecule has 20 heavy (non-hydrogen) atoms. The Labute approximate surface area is 121 Å². The highest BCUT2D eigenvalue weighted by Crippen LogP contribution is 2.10. The first-order valence-corrected chi connectivity index (χ1v) is 7.29. The Morgan fingerprint density at radius 1 is 1.20 bits per heavy atom. The Balaban J connectivity index is 1.88. The van der Waals surface area contributed by atoms with Gasteiger partial charge in [-0.15, -0.1) is 0 Å². The SMILES string of the molecule is CNC(CCc1ccncc1)Cc1ccn(C(C)C)n1. The molecule has 2 rings (SSSR count). The lowest BCUT2D eigenvalue weighted by atomic mass is 10.0. The van der Waals surface area contributed by atoms with Gasteiger partial charge in [0.15, 0.2) is 0 Å². The maximum Gasteiger partial charge on any atom is 0.0640 e. The third-order valence-electron chi connectivity index (χ3n) is 3.59. The van der Waals surface area contributed by atoms with Gasteiger partial charge in [0.1, 0.15) is 0 Å². The van der Waals surface area contributed by atoms with Crippen LogP contribution in [0.1, 0.15) is 37.6 Å². The smallest absolute Gasteiger partial charge is 0.0640 e. The molecule has 0 aliphatic rings. The van der Waals surface area contributed by atoms with Gasteiger partial charge >= 0.3 is 0 Å². The molecule has 0 spiro atoms. The molecular formula is C16H24N4. The summed E-state index contributed by atoms with van der Waals surface area (Å²) in [6, 6.07) is 7.17. The van der Waals surface area contributed by atoms with Gasteiger partial charge in [0.25, 0.3) is 0 Å². The maximum atomic E-state index is 4.62. The van der Waals surface area contributed by atoms with Crippen LogP contribution in [0.3, 0.4) is 0 Å². The molecule has 0 saturated carbocycles. The Morgan fingerprint density at radius 3 is 2.55 bits per heavy atom. The highest BCUT2D eigenvalue weighted by atomic mass is 15.3. The summed E-state index contributed by atoms with van der Waals surface area (Å²) in [5.41, 5.74) is 2.50. The number of aryl methyl sites for hydroxylation is 1. The first-order valence-electron chi connectivity index (χ1n) is 7.29. The molecule has 0 radical (unpaired) electrons. The minimum atomic E-state index is 0.425. The minimum Gasteiger partial charge on any atom is -0.317 e. The van der Waals surface area contributed by atoms with E-state index in [1.165, 1.54) is 5.56 Å². The van der Waals surface area contributed by atoms with Gasteiger partial charge in [-0.2, -0.15) is 5.10 Å². The molecule has 2 heterocycles. The van der Waals surface area contributed by atoms with Crippen LogP contribution in [-0.4, -0.2) is 27.9 Å².